The van der Waals surface area contributed by atoms with Crippen LogP contribution in [0.25, 0.3) is 0 Å². The molecule has 0 aliphatic carbocycles. The Labute approximate surface area is 103 Å². The predicted molar refractivity (Wildman–Crippen MR) is 59.4 cm³/mol. The number of pyridine rings is 1. The van der Waals surface area contributed by atoms with Crippen LogP contribution in [-0.4, -0.2) is 25.2 Å². The number of carbonyl (C=O) groups excluding carboxylic acids is 1. The van der Waals surface area contributed by atoms with E-state index in [9.17, 15) is 13.6 Å². The third-order valence-electron chi connectivity index (χ3n) is 2.31. The van der Waals surface area contributed by atoms with Gasteiger partial charge in [-0.1, -0.05) is 0 Å². The normalized spacial score (nSPS) is 10.6. The summed E-state index contributed by atoms with van der Waals surface area (Å²) in [4.78, 5) is 14.9. The summed E-state index contributed by atoms with van der Waals surface area (Å²) in [5.41, 5.74) is 5.42. The number of carbonyl (C=O) groups is 1. The second-order valence-corrected chi connectivity index (χ2v) is 3.45. The Hall–Kier alpha value is -1.76. The maximum atomic E-state index is 12.8. The molecule has 0 bridgehead atoms. The highest BCUT2D eigenvalue weighted by Crippen LogP contribution is 2.31. The van der Waals surface area contributed by atoms with Crippen LogP contribution in [-0.2, 0) is 22.5 Å². The molecule has 100 valence electrons. The zero-order valence-corrected chi connectivity index (χ0v) is 10.1. The lowest BCUT2D eigenvalue weighted by molar-refractivity contribution is -0.139. The van der Waals surface area contributed by atoms with E-state index in [0.29, 0.717) is 0 Å². The van der Waals surface area contributed by atoms with E-state index in [2.05, 4.69) is 9.72 Å². The summed E-state index contributed by atoms with van der Waals surface area (Å²) in [5, 5.41) is 0. The summed E-state index contributed by atoms with van der Waals surface area (Å²) < 4.78 is 35.0. The number of methoxy groups -OCH3 is 2. The molecule has 0 atom stereocenters. The molecule has 0 saturated carbocycles. The average Bonchev–Trinajstić information content (AvgIpc) is 2.37. The first-order chi connectivity index (χ1) is 8.53. The van der Waals surface area contributed by atoms with Crippen molar-refractivity contribution < 1.29 is 23.0 Å². The Morgan fingerprint density at radius 2 is 2.17 bits per heavy atom. The van der Waals surface area contributed by atoms with Gasteiger partial charge in [0.25, 0.3) is 6.43 Å². The van der Waals surface area contributed by atoms with Crippen molar-refractivity contribution in [3.05, 3.63) is 23.0 Å². The van der Waals surface area contributed by atoms with E-state index in [1.54, 1.807) is 0 Å². The van der Waals surface area contributed by atoms with Gasteiger partial charge in [0.1, 0.15) is 11.4 Å². The lowest BCUT2D eigenvalue weighted by atomic mass is 10.1. The zero-order valence-electron chi connectivity index (χ0n) is 10.1. The van der Waals surface area contributed by atoms with Gasteiger partial charge in [0.15, 0.2) is 0 Å². The molecule has 0 saturated heterocycles. The van der Waals surface area contributed by atoms with E-state index >= 15 is 0 Å². The molecule has 7 heteroatoms. The first-order valence-corrected chi connectivity index (χ1v) is 5.15. The van der Waals surface area contributed by atoms with Crippen molar-refractivity contribution in [1.82, 2.24) is 4.98 Å². The third kappa shape index (κ3) is 3.13. The third-order valence-corrected chi connectivity index (χ3v) is 2.31. The number of aromatic nitrogens is 1. The molecular weight excluding hydrogens is 246 g/mol. The van der Waals surface area contributed by atoms with Gasteiger partial charge in [-0.2, -0.15) is 0 Å². The van der Waals surface area contributed by atoms with Gasteiger partial charge in [-0.25, -0.2) is 13.8 Å². The molecule has 1 rings (SSSR count). The molecule has 1 aromatic heterocycles. The van der Waals surface area contributed by atoms with Gasteiger partial charge in [-0.15, -0.1) is 0 Å². The number of halogens is 2. The summed E-state index contributed by atoms with van der Waals surface area (Å²) in [6.45, 7) is -0.00210. The molecule has 0 radical (unpaired) electrons. The second kappa shape index (κ2) is 6.25. The Morgan fingerprint density at radius 3 is 2.61 bits per heavy atom. The van der Waals surface area contributed by atoms with Gasteiger partial charge in [-0.3, -0.25) is 4.79 Å². The van der Waals surface area contributed by atoms with Gasteiger partial charge >= 0.3 is 5.97 Å². The van der Waals surface area contributed by atoms with Crippen molar-refractivity contribution >= 4 is 5.97 Å². The fourth-order valence-electron chi connectivity index (χ4n) is 1.52. The van der Waals surface area contributed by atoms with Crippen LogP contribution in [0.15, 0.2) is 6.07 Å². The predicted octanol–water partition coefficient (Wildman–Crippen LogP) is 1.20. The van der Waals surface area contributed by atoms with Gasteiger partial charge in [-0.05, 0) is 6.07 Å². The van der Waals surface area contributed by atoms with E-state index in [1.807, 2.05) is 0 Å². The summed E-state index contributed by atoms with van der Waals surface area (Å²) in [6.07, 6.45) is -2.97. The number of nitrogens with two attached hydrogens (primary N) is 1. The van der Waals surface area contributed by atoms with E-state index in [0.717, 1.165) is 0 Å². The van der Waals surface area contributed by atoms with Gasteiger partial charge < -0.3 is 15.2 Å². The summed E-state index contributed by atoms with van der Waals surface area (Å²) in [6, 6.07) is 1.46. The number of nitrogens with zero attached hydrogens (tertiary/aromatic N) is 1. The van der Waals surface area contributed by atoms with Crippen LogP contribution < -0.4 is 10.5 Å². The molecule has 2 N–H and O–H groups in total. The molecule has 0 aliphatic heterocycles. The Bertz CT molecular complexity index is 439. The second-order valence-electron chi connectivity index (χ2n) is 3.45. The lowest BCUT2D eigenvalue weighted by Gasteiger charge is -2.13. The topological polar surface area (TPSA) is 74.4 Å². The highest BCUT2D eigenvalue weighted by Gasteiger charge is 2.22. The molecule has 18 heavy (non-hydrogen) atoms. The van der Waals surface area contributed by atoms with Crippen molar-refractivity contribution in [2.45, 2.75) is 19.4 Å². The summed E-state index contributed by atoms with van der Waals surface area (Å²) in [7, 11) is 2.46. The van der Waals surface area contributed by atoms with Crippen molar-refractivity contribution in [3.8, 4) is 5.75 Å². The fourth-order valence-corrected chi connectivity index (χ4v) is 1.52. The van der Waals surface area contributed by atoms with Crippen molar-refractivity contribution in [2.24, 2.45) is 5.73 Å². The molecule has 0 aromatic carbocycles. The monoisotopic (exact) mass is 260 g/mol. The smallest absolute Gasteiger partial charge is 0.310 e. The lowest BCUT2D eigenvalue weighted by Crippen LogP contribution is -2.11. The van der Waals surface area contributed by atoms with E-state index in [1.165, 1.54) is 20.3 Å². The van der Waals surface area contributed by atoms with Crippen molar-refractivity contribution in [1.29, 1.82) is 0 Å². The molecule has 0 amide bonds. The standard InChI is InChI=1S/C11H14F2N2O3/c1-17-8(16)4-6-3-7(5-14)15-9(11(12)13)10(6)18-2/h3,11H,4-5,14H2,1-2H3. The van der Waals surface area contributed by atoms with Crippen LogP contribution in [0.4, 0.5) is 8.78 Å². The summed E-state index contributed by atoms with van der Waals surface area (Å²) in [5.74, 6) is -0.657. The minimum Gasteiger partial charge on any atom is -0.494 e. The SMILES string of the molecule is COC(=O)Cc1cc(CN)nc(C(F)F)c1OC. The molecular formula is C11H14F2N2O3. The highest BCUT2D eigenvalue weighted by atomic mass is 19.3. The first kappa shape index (κ1) is 14.3. The van der Waals surface area contributed by atoms with Crippen LogP contribution in [0.2, 0.25) is 0 Å². The Morgan fingerprint density at radius 1 is 1.50 bits per heavy atom. The van der Waals surface area contributed by atoms with Crippen molar-refractivity contribution in [3.63, 3.8) is 0 Å². The van der Waals surface area contributed by atoms with Crippen molar-refractivity contribution in [2.75, 3.05) is 14.2 Å². The van der Waals surface area contributed by atoms with Gasteiger partial charge in [0.2, 0.25) is 0 Å². The molecule has 0 aliphatic rings. The van der Waals surface area contributed by atoms with Crippen LogP contribution >= 0.6 is 0 Å². The number of esters is 1. The van der Waals surface area contributed by atoms with Gasteiger partial charge in [0.05, 0.1) is 26.3 Å². The molecule has 1 aromatic rings. The highest BCUT2D eigenvalue weighted by molar-refractivity contribution is 5.73. The maximum Gasteiger partial charge on any atom is 0.310 e. The van der Waals surface area contributed by atoms with Crippen LogP contribution in [0.3, 0.4) is 0 Å². The average molecular weight is 260 g/mol. The quantitative estimate of drug-likeness (QED) is 0.805. The number of alkyl halides is 2. The fraction of sp³-hybridized carbons (Fsp3) is 0.455. The molecule has 0 spiro atoms. The van der Waals surface area contributed by atoms with Crippen LogP contribution in [0.5, 0.6) is 5.75 Å². The summed E-state index contributed by atoms with van der Waals surface area (Å²) >= 11 is 0. The van der Waals surface area contributed by atoms with Crippen LogP contribution in [0, 0.1) is 0 Å². The Kier molecular flexibility index (Phi) is 4.96. The molecule has 5 nitrogen and oxygen atoms in total. The zero-order chi connectivity index (χ0) is 13.7. The van der Waals surface area contributed by atoms with E-state index in [4.69, 9.17) is 10.5 Å². The van der Waals surface area contributed by atoms with E-state index < -0.39 is 18.1 Å². The van der Waals surface area contributed by atoms with Crippen LogP contribution in [0.1, 0.15) is 23.4 Å². The minimum absolute atomic E-state index is 0.00210. The first-order valence-electron chi connectivity index (χ1n) is 5.15. The number of hydrogen-bond donors (Lipinski definition) is 1. The molecule has 0 unspecified atom stereocenters. The molecule has 1 heterocycles. The largest absolute Gasteiger partial charge is 0.494 e. The number of ether oxygens (including phenoxy) is 2. The van der Waals surface area contributed by atoms with Gasteiger partial charge in [0, 0.05) is 12.1 Å². The number of rotatable bonds is 5. The minimum atomic E-state index is -2.80. The Balaban J connectivity index is 3.28. The molecule has 0 fully saturated rings. The maximum absolute atomic E-state index is 12.8. The van der Waals surface area contributed by atoms with E-state index in [-0.39, 0.29) is 30.0 Å². The number of hydrogen-bond acceptors (Lipinski definition) is 5.